The molecule has 0 bridgehead atoms. The minimum atomic E-state index is 1.04. The Labute approximate surface area is 98.6 Å². The van der Waals surface area contributed by atoms with Crippen LogP contribution in [0, 0.1) is 17.4 Å². The van der Waals surface area contributed by atoms with Crippen LogP contribution in [0.1, 0.15) is 11.4 Å². The molecular formula is C9H8BrIN2. The van der Waals surface area contributed by atoms with Gasteiger partial charge >= 0.3 is 0 Å². The number of halogens is 2. The van der Waals surface area contributed by atoms with Gasteiger partial charge in [0.25, 0.3) is 0 Å². The number of pyridine rings is 1. The zero-order valence-electron chi connectivity index (χ0n) is 7.31. The van der Waals surface area contributed by atoms with Crippen molar-refractivity contribution in [3.63, 3.8) is 0 Å². The zero-order chi connectivity index (χ0) is 9.59. The van der Waals surface area contributed by atoms with Crippen molar-refractivity contribution in [3.05, 3.63) is 31.7 Å². The van der Waals surface area contributed by atoms with Crippen LogP contribution in [0.3, 0.4) is 0 Å². The summed E-state index contributed by atoms with van der Waals surface area (Å²) in [7, 11) is 0. The van der Waals surface area contributed by atoms with Crippen molar-refractivity contribution in [2.24, 2.45) is 0 Å². The average molecular weight is 351 g/mol. The van der Waals surface area contributed by atoms with E-state index in [9.17, 15) is 0 Å². The lowest BCUT2D eigenvalue weighted by Crippen LogP contribution is -1.96. The lowest BCUT2D eigenvalue weighted by Gasteiger charge is -2.06. The van der Waals surface area contributed by atoms with E-state index in [1.807, 2.05) is 6.20 Å². The van der Waals surface area contributed by atoms with E-state index >= 15 is 0 Å². The van der Waals surface area contributed by atoms with Gasteiger partial charge in [-0.2, -0.15) is 0 Å². The minimum Gasteiger partial charge on any atom is -0.300 e. The monoisotopic (exact) mass is 350 g/mol. The number of hydrogen-bond donors (Lipinski definition) is 0. The molecule has 68 valence electrons. The van der Waals surface area contributed by atoms with E-state index in [1.54, 1.807) is 0 Å². The summed E-state index contributed by atoms with van der Waals surface area (Å²) in [5, 5.41) is 0. The lowest BCUT2D eigenvalue weighted by atomic mass is 10.3. The average Bonchev–Trinajstić information content (AvgIpc) is 2.44. The van der Waals surface area contributed by atoms with E-state index < -0.39 is 0 Å². The first-order valence-electron chi connectivity index (χ1n) is 3.90. The molecule has 0 unspecified atom stereocenters. The van der Waals surface area contributed by atoms with Gasteiger partial charge in [-0.05, 0) is 58.4 Å². The minimum absolute atomic E-state index is 1.04. The third-order valence-electron chi connectivity index (χ3n) is 2.09. The molecule has 0 N–H and O–H groups in total. The fourth-order valence-corrected chi connectivity index (χ4v) is 2.94. The first-order chi connectivity index (χ1) is 6.11. The summed E-state index contributed by atoms with van der Waals surface area (Å²) in [4.78, 5) is 4.35. The standard InChI is InChI=1S/C9H8BrIN2/c1-5-4-12-9-8(11)3-7(10)6(2)13(5)9/h3-4H,1-2H3. The molecule has 0 atom stereocenters. The van der Waals surface area contributed by atoms with Crippen molar-refractivity contribution in [2.75, 3.05) is 0 Å². The predicted molar refractivity (Wildman–Crippen MR) is 65.1 cm³/mol. The molecule has 0 spiro atoms. The van der Waals surface area contributed by atoms with Crippen LogP contribution in [0.2, 0.25) is 0 Å². The Morgan fingerprint density at radius 1 is 1.46 bits per heavy atom. The van der Waals surface area contributed by atoms with Gasteiger partial charge in [0.05, 0.1) is 3.57 Å². The number of rotatable bonds is 0. The number of imidazole rings is 1. The van der Waals surface area contributed by atoms with Gasteiger partial charge in [-0.3, -0.25) is 4.40 Å². The highest BCUT2D eigenvalue weighted by molar-refractivity contribution is 14.1. The normalized spacial score (nSPS) is 11.1. The number of aromatic nitrogens is 2. The Bertz CT molecular complexity index is 476. The van der Waals surface area contributed by atoms with Gasteiger partial charge in [0.15, 0.2) is 5.65 Å². The Hall–Kier alpha value is -0.100. The Morgan fingerprint density at radius 2 is 2.15 bits per heavy atom. The van der Waals surface area contributed by atoms with E-state index in [2.05, 4.69) is 67.8 Å². The fourth-order valence-electron chi connectivity index (χ4n) is 1.42. The summed E-state index contributed by atoms with van der Waals surface area (Å²) in [5.41, 5.74) is 3.41. The molecule has 0 aliphatic carbocycles. The molecular weight excluding hydrogens is 343 g/mol. The second-order valence-electron chi connectivity index (χ2n) is 2.98. The summed E-state index contributed by atoms with van der Waals surface area (Å²) in [6.45, 7) is 4.15. The van der Waals surface area contributed by atoms with Crippen molar-refractivity contribution in [2.45, 2.75) is 13.8 Å². The van der Waals surface area contributed by atoms with Crippen LogP contribution in [-0.4, -0.2) is 9.38 Å². The molecule has 13 heavy (non-hydrogen) atoms. The van der Waals surface area contributed by atoms with E-state index in [1.165, 1.54) is 15.0 Å². The molecule has 0 fully saturated rings. The molecule has 2 heterocycles. The van der Waals surface area contributed by atoms with Gasteiger partial charge in [-0.1, -0.05) is 0 Å². The number of nitrogens with zero attached hydrogens (tertiary/aromatic N) is 2. The first kappa shape index (κ1) is 9.45. The van der Waals surface area contributed by atoms with Crippen LogP contribution in [-0.2, 0) is 0 Å². The van der Waals surface area contributed by atoms with Crippen LogP contribution in [0.25, 0.3) is 5.65 Å². The van der Waals surface area contributed by atoms with Crippen molar-refractivity contribution in [1.82, 2.24) is 9.38 Å². The number of aryl methyl sites for hydroxylation is 2. The predicted octanol–water partition coefficient (Wildman–Crippen LogP) is 3.32. The molecule has 0 radical (unpaired) electrons. The van der Waals surface area contributed by atoms with Crippen LogP contribution < -0.4 is 0 Å². The summed E-state index contributed by atoms with van der Waals surface area (Å²) in [6, 6.07) is 2.09. The smallest absolute Gasteiger partial charge is 0.150 e. The maximum atomic E-state index is 4.35. The topological polar surface area (TPSA) is 17.3 Å². The summed E-state index contributed by atoms with van der Waals surface area (Å²) >= 11 is 5.83. The Morgan fingerprint density at radius 3 is 2.85 bits per heavy atom. The molecule has 0 aliphatic heterocycles. The molecule has 2 aromatic heterocycles. The third kappa shape index (κ3) is 1.40. The van der Waals surface area contributed by atoms with Gasteiger partial charge < -0.3 is 0 Å². The summed E-state index contributed by atoms with van der Waals surface area (Å²) < 4.78 is 4.46. The second-order valence-corrected chi connectivity index (χ2v) is 5.00. The highest BCUT2D eigenvalue weighted by Gasteiger charge is 2.08. The molecule has 0 saturated carbocycles. The number of hydrogen-bond acceptors (Lipinski definition) is 1. The maximum absolute atomic E-state index is 4.35. The van der Waals surface area contributed by atoms with Crippen LogP contribution in [0.15, 0.2) is 16.7 Å². The molecule has 0 aliphatic rings. The Kier molecular flexibility index (Phi) is 2.35. The van der Waals surface area contributed by atoms with Crippen molar-refractivity contribution in [1.29, 1.82) is 0 Å². The van der Waals surface area contributed by atoms with Crippen molar-refractivity contribution < 1.29 is 0 Å². The Balaban J connectivity index is 3.00. The molecule has 2 rings (SSSR count). The van der Waals surface area contributed by atoms with Crippen molar-refractivity contribution >= 4 is 44.2 Å². The van der Waals surface area contributed by atoms with Crippen LogP contribution in [0.5, 0.6) is 0 Å². The van der Waals surface area contributed by atoms with E-state index in [0.29, 0.717) is 0 Å². The van der Waals surface area contributed by atoms with Crippen molar-refractivity contribution in [3.8, 4) is 0 Å². The lowest BCUT2D eigenvalue weighted by molar-refractivity contribution is 1.02. The van der Waals surface area contributed by atoms with Crippen LogP contribution >= 0.6 is 38.5 Å². The SMILES string of the molecule is Cc1cnc2c(I)cc(Br)c(C)n12. The highest BCUT2D eigenvalue weighted by Crippen LogP contribution is 2.23. The van der Waals surface area contributed by atoms with Gasteiger partial charge in [-0.25, -0.2) is 4.98 Å². The highest BCUT2D eigenvalue weighted by atomic mass is 127. The van der Waals surface area contributed by atoms with Gasteiger partial charge in [0, 0.05) is 22.1 Å². The summed E-state index contributed by atoms with van der Waals surface area (Å²) in [6.07, 6.45) is 1.90. The zero-order valence-corrected chi connectivity index (χ0v) is 11.0. The molecule has 0 amide bonds. The van der Waals surface area contributed by atoms with E-state index in [-0.39, 0.29) is 0 Å². The van der Waals surface area contributed by atoms with Gasteiger partial charge in [-0.15, -0.1) is 0 Å². The van der Waals surface area contributed by atoms with Gasteiger partial charge in [0.1, 0.15) is 0 Å². The molecule has 0 saturated heterocycles. The molecule has 2 aromatic rings. The van der Waals surface area contributed by atoms with E-state index in [4.69, 9.17) is 0 Å². The molecule has 2 nitrogen and oxygen atoms in total. The quantitative estimate of drug-likeness (QED) is 0.666. The number of fused-ring (bicyclic) bond motifs is 1. The largest absolute Gasteiger partial charge is 0.300 e. The maximum Gasteiger partial charge on any atom is 0.150 e. The second kappa shape index (κ2) is 3.24. The van der Waals surface area contributed by atoms with Crippen LogP contribution in [0.4, 0.5) is 0 Å². The molecule has 4 heteroatoms. The fraction of sp³-hybridized carbons (Fsp3) is 0.222. The third-order valence-corrected chi connectivity index (χ3v) is 3.68. The first-order valence-corrected chi connectivity index (χ1v) is 5.77. The molecule has 0 aromatic carbocycles. The van der Waals surface area contributed by atoms with Gasteiger partial charge in [0.2, 0.25) is 0 Å². The summed E-state index contributed by atoms with van der Waals surface area (Å²) in [5.74, 6) is 0. The van der Waals surface area contributed by atoms with E-state index in [0.717, 1.165) is 10.1 Å².